The van der Waals surface area contributed by atoms with Crippen LogP contribution >= 0.6 is 15.9 Å². The molecule has 0 unspecified atom stereocenters. The number of hydrogen-bond acceptors (Lipinski definition) is 2. The van der Waals surface area contributed by atoms with Gasteiger partial charge in [0.1, 0.15) is 4.60 Å². The molecule has 0 bridgehead atoms. The molecule has 4 aromatic rings. The van der Waals surface area contributed by atoms with E-state index in [4.69, 9.17) is 0 Å². The third kappa shape index (κ3) is 2.87. The summed E-state index contributed by atoms with van der Waals surface area (Å²) in [7, 11) is 1.94. The van der Waals surface area contributed by atoms with Crippen molar-refractivity contribution in [2.24, 2.45) is 7.05 Å². The standard InChI is InChI=1S/C19H17BrN4/c1-23-12-15(10-22-23)17-13-24(8-7-14-5-3-2-4-6-14)18-11-21-19(20)9-16(17)18/h2-6,9-13H,7-8H2,1H3. The van der Waals surface area contributed by atoms with Crippen molar-refractivity contribution in [1.29, 1.82) is 0 Å². The molecule has 0 aliphatic heterocycles. The van der Waals surface area contributed by atoms with E-state index in [2.05, 4.69) is 73.2 Å². The number of halogens is 1. The van der Waals surface area contributed by atoms with Gasteiger partial charge in [-0.1, -0.05) is 30.3 Å². The minimum Gasteiger partial charge on any atom is -0.345 e. The Morgan fingerprint density at radius 2 is 1.92 bits per heavy atom. The zero-order valence-electron chi connectivity index (χ0n) is 13.4. The smallest absolute Gasteiger partial charge is 0.106 e. The van der Waals surface area contributed by atoms with Crippen molar-refractivity contribution < 1.29 is 0 Å². The van der Waals surface area contributed by atoms with Gasteiger partial charge in [-0.15, -0.1) is 0 Å². The fourth-order valence-electron chi connectivity index (χ4n) is 3.03. The van der Waals surface area contributed by atoms with E-state index in [0.717, 1.165) is 28.6 Å². The summed E-state index contributed by atoms with van der Waals surface area (Å²) >= 11 is 3.49. The molecular weight excluding hydrogens is 364 g/mol. The second-order valence-electron chi connectivity index (χ2n) is 5.90. The molecule has 0 N–H and O–H groups in total. The first kappa shape index (κ1) is 15.1. The molecule has 0 saturated heterocycles. The van der Waals surface area contributed by atoms with Gasteiger partial charge in [-0.3, -0.25) is 4.68 Å². The van der Waals surface area contributed by atoms with Gasteiger partial charge in [0, 0.05) is 42.5 Å². The highest BCUT2D eigenvalue weighted by molar-refractivity contribution is 9.10. The van der Waals surface area contributed by atoms with Crippen LogP contribution in [0.1, 0.15) is 5.56 Å². The van der Waals surface area contributed by atoms with E-state index in [1.54, 1.807) is 0 Å². The molecule has 0 aliphatic carbocycles. The molecule has 0 saturated carbocycles. The van der Waals surface area contributed by atoms with Gasteiger partial charge < -0.3 is 4.57 Å². The number of benzene rings is 1. The zero-order chi connectivity index (χ0) is 16.5. The Bertz CT molecular complexity index is 985. The van der Waals surface area contributed by atoms with E-state index in [1.807, 2.05) is 30.3 Å². The first-order valence-corrected chi connectivity index (χ1v) is 8.67. The van der Waals surface area contributed by atoms with Gasteiger partial charge >= 0.3 is 0 Å². The summed E-state index contributed by atoms with van der Waals surface area (Å²) < 4.78 is 4.96. The van der Waals surface area contributed by atoms with Gasteiger partial charge in [-0.05, 0) is 34.0 Å². The van der Waals surface area contributed by atoms with Gasteiger partial charge in [0.05, 0.1) is 17.9 Å². The number of pyridine rings is 1. The number of fused-ring (bicyclic) bond motifs is 1. The SMILES string of the molecule is Cn1cc(-c2cn(CCc3ccccc3)c3cnc(Br)cc23)cn1. The number of aryl methyl sites for hydroxylation is 3. The lowest BCUT2D eigenvalue weighted by molar-refractivity contribution is 0.722. The van der Waals surface area contributed by atoms with Crippen molar-refractivity contribution >= 4 is 26.8 Å². The third-order valence-electron chi connectivity index (χ3n) is 4.23. The Morgan fingerprint density at radius 3 is 2.67 bits per heavy atom. The van der Waals surface area contributed by atoms with Crippen molar-refractivity contribution in [2.45, 2.75) is 13.0 Å². The lowest BCUT2D eigenvalue weighted by Gasteiger charge is -2.05. The van der Waals surface area contributed by atoms with E-state index < -0.39 is 0 Å². The van der Waals surface area contributed by atoms with Crippen molar-refractivity contribution in [3.8, 4) is 11.1 Å². The van der Waals surface area contributed by atoms with Crippen LogP contribution in [0.15, 0.2) is 65.8 Å². The fourth-order valence-corrected chi connectivity index (χ4v) is 3.36. The average Bonchev–Trinajstić information content (AvgIpc) is 3.17. The quantitative estimate of drug-likeness (QED) is 0.490. The molecule has 3 aromatic heterocycles. The fraction of sp³-hybridized carbons (Fsp3) is 0.158. The predicted molar refractivity (Wildman–Crippen MR) is 99.8 cm³/mol. The summed E-state index contributed by atoms with van der Waals surface area (Å²) in [6.45, 7) is 0.921. The van der Waals surface area contributed by atoms with Crippen LogP contribution in [0.5, 0.6) is 0 Å². The average molecular weight is 381 g/mol. The molecule has 5 heteroatoms. The van der Waals surface area contributed by atoms with Crippen LogP contribution < -0.4 is 0 Å². The molecule has 4 rings (SSSR count). The highest BCUT2D eigenvalue weighted by Crippen LogP contribution is 2.31. The van der Waals surface area contributed by atoms with Gasteiger partial charge in [0.2, 0.25) is 0 Å². The topological polar surface area (TPSA) is 35.6 Å². The predicted octanol–water partition coefficient (Wildman–Crippen LogP) is 4.44. The van der Waals surface area contributed by atoms with Crippen LogP contribution in [0.3, 0.4) is 0 Å². The molecule has 4 nitrogen and oxygen atoms in total. The summed E-state index contributed by atoms with van der Waals surface area (Å²) in [4.78, 5) is 4.41. The Kier molecular flexibility index (Phi) is 3.94. The first-order chi connectivity index (χ1) is 11.7. The van der Waals surface area contributed by atoms with E-state index in [1.165, 1.54) is 16.5 Å². The van der Waals surface area contributed by atoms with Crippen molar-refractivity contribution in [1.82, 2.24) is 19.3 Å². The minimum atomic E-state index is 0.848. The summed E-state index contributed by atoms with van der Waals surface area (Å²) in [5.74, 6) is 0. The molecule has 0 radical (unpaired) electrons. The van der Waals surface area contributed by atoms with Crippen LogP contribution in [0, 0.1) is 0 Å². The highest BCUT2D eigenvalue weighted by atomic mass is 79.9. The summed E-state index contributed by atoms with van der Waals surface area (Å²) in [5, 5.41) is 5.50. The Hall–Kier alpha value is -2.40. The maximum Gasteiger partial charge on any atom is 0.106 e. The van der Waals surface area contributed by atoms with Crippen molar-refractivity contribution in [3.63, 3.8) is 0 Å². The normalized spacial score (nSPS) is 11.2. The molecule has 120 valence electrons. The number of aromatic nitrogens is 4. The van der Waals surface area contributed by atoms with Crippen molar-refractivity contribution in [2.75, 3.05) is 0 Å². The first-order valence-electron chi connectivity index (χ1n) is 7.88. The summed E-state index contributed by atoms with van der Waals surface area (Å²) in [5.41, 5.74) is 4.80. The van der Waals surface area contributed by atoms with Crippen LogP contribution in [0.25, 0.3) is 22.0 Å². The zero-order valence-corrected chi connectivity index (χ0v) is 14.9. The highest BCUT2D eigenvalue weighted by Gasteiger charge is 2.12. The van der Waals surface area contributed by atoms with Gasteiger partial charge in [-0.2, -0.15) is 5.10 Å². The molecule has 24 heavy (non-hydrogen) atoms. The monoisotopic (exact) mass is 380 g/mol. The van der Waals surface area contributed by atoms with E-state index in [-0.39, 0.29) is 0 Å². The van der Waals surface area contributed by atoms with Crippen LogP contribution in [0.4, 0.5) is 0 Å². The lowest BCUT2D eigenvalue weighted by Crippen LogP contribution is -1.99. The maximum atomic E-state index is 4.41. The number of rotatable bonds is 4. The largest absolute Gasteiger partial charge is 0.345 e. The van der Waals surface area contributed by atoms with Crippen LogP contribution in [0.2, 0.25) is 0 Å². The van der Waals surface area contributed by atoms with Crippen LogP contribution in [-0.2, 0) is 20.0 Å². The molecular formula is C19H17BrN4. The van der Waals surface area contributed by atoms with Gasteiger partial charge in [0.15, 0.2) is 0 Å². The number of hydrogen-bond donors (Lipinski definition) is 0. The van der Waals surface area contributed by atoms with E-state index in [0.29, 0.717) is 0 Å². The summed E-state index contributed by atoms with van der Waals surface area (Å²) in [6, 6.07) is 12.6. The molecule has 0 amide bonds. The molecule has 3 heterocycles. The van der Waals surface area contributed by atoms with Crippen molar-refractivity contribution in [3.05, 3.63) is 71.4 Å². The summed E-state index contributed by atoms with van der Waals surface area (Å²) in [6.07, 6.45) is 9.09. The van der Waals surface area contributed by atoms with E-state index in [9.17, 15) is 0 Å². The number of nitrogens with zero attached hydrogens (tertiary/aromatic N) is 4. The molecule has 0 atom stereocenters. The minimum absolute atomic E-state index is 0.848. The van der Waals surface area contributed by atoms with Crippen LogP contribution in [-0.4, -0.2) is 19.3 Å². The second kappa shape index (κ2) is 6.24. The maximum absolute atomic E-state index is 4.41. The second-order valence-corrected chi connectivity index (χ2v) is 6.71. The Labute approximate surface area is 148 Å². The van der Waals surface area contributed by atoms with Gasteiger partial charge in [0.25, 0.3) is 0 Å². The van der Waals surface area contributed by atoms with Gasteiger partial charge in [-0.25, -0.2) is 4.98 Å². The lowest BCUT2D eigenvalue weighted by atomic mass is 10.1. The Balaban J connectivity index is 1.75. The Morgan fingerprint density at radius 1 is 1.08 bits per heavy atom. The molecule has 0 fully saturated rings. The van der Waals surface area contributed by atoms with E-state index >= 15 is 0 Å². The molecule has 1 aromatic carbocycles. The molecule has 0 aliphatic rings. The molecule has 0 spiro atoms. The third-order valence-corrected chi connectivity index (χ3v) is 4.67.